The Hall–Kier alpha value is -2.54. The number of rotatable bonds is 3. The van der Waals surface area contributed by atoms with E-state index >= 15 is 0 Å². The van der Waals surface area contributed by atoms with Gasteiger partial charge in [0, 0.05) is 11.8 Å². The van der Waals surface area contributed by atoms with E-state index in [2.05, 4.69) is 5.16 Å². The molecule has 0 atom stereocenters. The number of aryl methyl sites for hydroxylation is 3. The normalized spacial score (nSPS) is 11.8. The highest BCUT2D eigenvalue weighted by atomic mass is 32.2. The highest BCUT2D eigenvalue weighted by Gasteiger charge is 2.24. The molecule has 0 bridgehead atoms. The first kappa shape index (κ1) is 18.3. The molecule has 0 aliphatic carbocycles. The van der Waals surface area contributed by atoms with E-state index in [1.807, 2.05) is 32.0 Å². The van der Waals surface area contributed by atoms with Crippen molar-refractivity contribution in [1.82, 2.24) is 5.16 Å². The van der Waals surface area contributed by atoms with Crippen molar-refractivity contribution in [3.8, 4) is 22.4 Å². The Morgan fingerprint density at radius 2 is 1.54 bits per heavy atom. The number of sulfone groups is 1. The third kappa shape index (κ3) is 3.14. The van der Waals surface area contributed by atoms with Crippen molar-refractivity contribution in [3.05, 3.63) is 58.9 Å². The average molecular weight is 377 g/mol. The minimum atomic E-state index is -4.02. The summed E-state index contributed by atoms with van der Waals surface area (Å²) in [7, 11) is -4.02. The molecule has 0 radical (unpaired) electrons. The smallest absolute Gasteiger partial charge is 0.181 e. The fraction of sp³-hybridized carbons (Fsp3) is 0.211. The third-order valence-corrected chi connectivity index (χ3v) is 5.43. The number of hydrogen-bond donors (Lipinski definition) is 0. The molecule has 0 amide bonds. The van der Waals surface area contributed by atoms with Crippen LogP contribution in [-0.2, 0) is 9.84 Å². The van der Waals surface area contributed by atoms with E-state index in [1.54, 1.807) is 6.92 Å². The van der Waals surface area contributed by atoms with E-state index in [0.717, 1.165) is 35.1 Å². The van der Waals surface area contributed by atoms with E-state index in [9.17, 15) is 17.2 Å². The van der Waals surface area contributed by atoms with E-state index in [1.165, 1.54) is 0 Å². The van der Waals surface area contributed by atoms with Crippen LogP contribution >= 0.6 is 0 Å². The minimum absolute atomic E-state index is 0.166. The molecule has 0 spiro atoms. The van der Waals surface area contributed by atoms with Crippen LogP contribution in [0.1, 0.15) is 16.9 Å². The van der Waals surface area contributed by atoms with Gasteiger partial charge in [0.1, 0.15) is 28.0 Å². The lowest BCUT2D eigenvalue weighted by Gasteiger charge is -2.08. The summed E-state index contributed by atoms with van der Waals surface area (Å²) >= 11 is 0. The van der Waals surface area contributed by atoms with Gasteiger partial charge in [-0.3, -0.25) is 0 Å². The van der Waals surface area contributed by atoms with Crippen molar-refractivity contribution >= 4 is 9.84 Å². The van der Waals surface area contributed by atoms with Crippen LogP contribution in [0.15, 0.2) is 39.8 Å². The Morgan fingerprint density at radius 3 is 2.08 bits per heavy atom. The van der Waals surface area contributed by atoms with Gasteiger partial charge in [-0.2, -0.15) is 0 Å². The molecule has 0 fully saturated rings. The number of aromatic nitrogens is 1. The lowest BCUT2D eigenvalue weighted by atomic mass is 9.97. The Morgan fingerprint density at radius 1 is 0.923 bits per heavy atom. The first-order valence-electron chi connectivity index (χ1n) is 7.83. The van der Waals surface area contributed by atoms with Crippen LogP contribution in [0.2, 0.25) is 0 Å². The maximum Gasteiger partial charge on any atom is 0.181 e. The van der Waals surface area contributed by atoms with Crippen LogP contribution in [0, 0.1) is 32.4 Å². The summed E-state index contributed by atoms with van der Waals surface area (Å²) in [4.78, 5) is -0.942. The molecule has 1 aromatic heterocycles. The first-order chi connectivity index (χ1) is 12.1. The van der Waals surface area contributed by atoms with Gasteiger partial charge in [-0.15, -0.1) is 0 Å². The molecule has 0 unspecified atom stereocenters. The van der Waals surface area contributed by atoms with Crippen molar-refractivity contribution in [3.63, 3.8) is 0 Å². The van der Waals surface area contributed by atoms with Gasteiger partial charge < -0.3 is 4.52 Å². The Bertz CT molecular complexity index is 1090. The maximum absolute atomic E-state index is 14.3. The monoisotopic (exact) mass is 377 g/mol. The quantitative estimate of drug-likeness (QED) is 0.668. The van der Waals surface area contributed by atoms with Gasteiger partial charge in [0.05, 0.1) is 5.56 Å². The van der Waals surface area contributed by atoms with Crippen LogP contribution in [0.4, 0.5) is 8.78 Å². The van der Waals surface area contributed by atoms with Crippen LogP contribution in [0.3, 0.4) is 0 Å². The molecule has 0 saturated heterocycles. The summed E-state index contributed by atoms with van der Waals surface area (Å²) in [6.07, 6.45) is 0.763. The van der Waals surface area contributed by atoms with Gasteiger partial charge in [0.25, 0.3) is 0 Å². The van der Waals surface area contributed by atoms with Gasteiger partial charge >= 0.3 is 0 Å². The van der Waals surface area contributed by atoms with Gasteiger partial charge in [-0.25, -0.2) is 17.2 Å². The zero-order valence-electron chi connectivity index (χ0n) is 14.7. The Kier molecular flexibility index (Phi) is 4.44. The molecular weight excluding hydrogens is 360 g/mol. The molecule has 0 N–H and O–H groups in total. The first-order valence-corrected chi connectivity index (χ1v) is 9.72. The van der Waals surface area contributed by atoms with E-state index in [-0.39, 0.29) is 5.56 Å². The summed E-state index contributed by atoms with van der Waals surface area (Å²) in [5.41, 5.74) is 3.92. The molecule has 7 heteroatoms. The van der Waals surface area contributed by atoms with Crippen molar-refractivity contribution in [2.75, 3.05) is 6.26 Å². The number of benzene rings is 2. The van der Waals surface area contributed by atoms with E-state index in [0.29, 0.717) is 17.0 Å². The highest BCUT2D eigenvalue weighted by Crippen LogP contribution is 2.36. The molecular formula is C19H17F2NO3S. The Labute approximate surface area is 150 Å². The molecule has 3 aromatic rings. The highest BCUT2D eigenvalue weighted by molar-refractivity contribution is 7.90. The molecule has 136 valence electrons. The average Bonchev–Trinajstić information content (AvgIpc) is 2.89. The lowest BCUT2D eigenvalue weighted by Crippen LogP contribution is -2.05. The molecule has 3 rings (SSSR count). The molecule has 0 aliphatic heterocycles. The zero-order valence-corrected chi connectivity index (χ0v) is 15.5. The second-order valence-electron chi connectivity index (χ2n) is 6.30. The molecule has 1 heterocycles. The summed E-state index contributed by atoms with van der Waals surface area (Å²) in [6.45, 7) is 5.56. The van der Waals surface area contributed by atoms with Gasteiger partial charge in [-0.1, -0.05) is 17.3 Å². The van der Waals surface area contributed by atoms with Gasteiger partial charge in [-0.05, 0) is 55.7 Å². The predicted molar refractivity (Wildman–Crippen MR) is 94.6 cm³/mol. The summed E-state index contributed by atoms with van der Waals surface area (Å²) in [5, 5.41) is 4.03. The number of hydrogen-bond acceptors (Lipinski definition) is 4. The second-order valence-corrected chi connectivity index (χ2v) is 8.26. The Balaban J connectivity index is 2.23. The minimum Gasteiger partial charge on any atom is -0.360 e. The second kappa shape index (κ2) is 6.32. The van der Waals surface area contributed by atoms with Crippen LogP contribution in [-0.4, -0.2) is 19.8 Å². The molecule has 4 nitrogen and oxygen atoms in total. The molecule has 0 aliphatic rings. The van der Waals surface area contributed by atoms with Gasteiger partial charge in [0.2, 0.25) is 0 Å². The SMILES string of the molecule is Cc1ccc(-c2noc(C)c2-c2cc(F)c(S(C)(=O)=O)c(F)c2)cc1C. The molecule has 2 aromatic carbocycles. The summed E-state index contributed by atoms with van der Waals surface area (Å²) in [6, 6.07) is 7.66. The number of halogens is 2. The van der Waals surface area contributed by atoms with E-state index < -0.39 is 26.4 Å². The molecule has 0 saturated carbocycles. The molecule has 26 heavy (non-hydrogen) atoms. The van der Waals surface area contributed by atoms with Gasteiger partial charge in [0.15, 0.2) is 9.84 Å². The zero-order chi connectivity index (χ0) is 19.2. The standard InChI is InChI=1S/C19H17F2NO3S/c1-10-5-6-13(7-11(10)2)18-17(12(3)25-22-18)14-8-15(20)19(16(21)9-14)26(4,23)24/h5-9H,1-4H3. The van der Waals surface area contributed by atoms with Crippen LogP contribution in [0.25, 0.3) is 22.4 Å². The van der Waals surface area contributed by atoms with Crippen molar-refractivity contribution < 1.29 is 21.7 Å². The van der Waals surface area contributed by atoms with Crippen molar-refractivity contribution in [2.45, 2.75) is 25.7 Å². The predicted octanol–water partition coefficient (Wildman–Crippen LogP) is 4.62. The van der Waals surface area contributed by atoms with Crippen molar-refractivity contribution in [1.29, 1.82) is 0 Å². The summed E-state index contributed by atoms with van der Waals surface area (Å²) < 4.78 is 57.0. The largest absolute Gasteiger partial charge is 0.360 e. The lowest BCUT2D eigenvalue weighted by molar-refractivity contribution is 0.400. The number of nitrogens with zero attached hydrogens (tertiary/aromatic N) is 1. The third-order valence-electron chi connectivity index (χ3n) is 4.30. The maximum atomic E-state index is 14.3. The summed E-state index contributed by atoms with van der Waals surface area (Å²) in [5.74, 6) is -1.91. The fourth-order valence-corrected chi connectivity index (χ4v) is 3.68. The van der Waals surface area contributed by atoms with Crippen molar-refractivity contribution in [2.24, 2.45) is 0 Å². The fourth-order valence-electron chi connectivity index (χ4n) is 2.86. The van der Waals surface area contributed by atoms with Crippen LogP contribution < -0.4 is 0 Å². The van der Waals surface area contributed by atoms with E-state index in [4.69, 9.17) is 4.52 Å². The van der Waals surface area contributed by atoms with Crippen LogP contribution in [0.5, 0.6) is 0 Å². The topological polar surface area (TPSA) is 60.2 Å².